The lowest BCUT2D eigenvalue weighted by Crippen LogP contribution is -2.32. The molecule has 0 aliphatic heterocycles. The molecule has 156 valence electrons. The van der Waals surface area contributed by atoms with Gasteiger partial charge < -0.3 is 5.32 Å². The highest BCUT2D eigenvalue weighted by molar-refractivity contribution is 5.77. The number of carbonyl (C=O) groups excluding carboxylic acids is 1. The van der Waals surface area contributed by atoms with Crippen LogP contribution in [0.25, 0.3) is 22.2 Å². The van der Waals surface area contributed by atoms with E-state index in [4.69, 9.17) is 0 Å². The Morgan fingerprint density at radius 1 is 0.871 bits per heavy atom. The number of carbonyl (C=O) groups is 1. The highest BCUT2D eigenvalue weighted by atomic mass is 16.2. The van der Waals surface area contributed by atoms with Crippen LogP contribution in [0, 0.1) is 0 Å². The van der Waals surface area contributed by atoms with Gasteiger partial charge in [0, 0.05) is 37.7 Å². The predicted octanol–water partition coefficient (Wildman–Crippen LogP) is 1.83. The lowest BCUT2D eigenvalue weighted by atomic mass is 10.1. The van der Waals surface area contributed by atoms with Crippen molar-refractivity contribution in [3.63, 3.8) is 0 Å². The average Bonchev–Trinajstić information content (AvgIpc) is 2.80. The third kappa shape index (κ3) is 4.75. The number of nitrogens with one attached hydrogen (secondary N) is 1. The molecule has 4 aromatic rings. The summed E-state index contributed by atoms with van der Waals surface area (Å²) in [7, 11) is 0. The fourth-order valence-corrected chi connectivity index (χ4v) is 3.25. The van der Waals surface area contributed by atoms with E-state index in [1.807, 2.05) is 36.4 Å². The number of para-hydroxylation sites is 1. The molecule has 0 saturated carbocycles. The van der Waals surface area contributed by atoms with Crippen molar-refractivity contribution in [1.82, 2.24) is 24.4 Å². The van der Waals surface area contributed by atoms with Crippen molar-refractivity contribution in [3.05, 3.63) is 94.0 Å². The van der Waals surface area contributed by atoms with E-state index in [0.717, 1.165) is 5.56 Å². The number of fused-ring (bicyclic) bond motifs is 1. The summed E-state index contributed by atoms with van der Waals surface area (Å²) in [6, 6.07) is 18.0. The van der Waals surface area contributed by atoms with Gasteiger partial charge in [-0.15, -0.1) is 0 Å². The van der Waals surface area contributed by atoms with Crippen molar-refractivity contribution in [2.45, 2.75) is 19.5 Å². The summed E-state index contributed by atoms with van der Waals surface area (Å²) in [5, 5.41) is 3.29. The molecule has 0 aliphatic carbocycles. The van der Waals surface area contributed by atoms with E-state index in [0.29, 0.717) is 23.1 Å². The molecule has 2 aromatic heterocycles. The normalized spacial score (nSPS) is 10.8. The molecule has 0 aliphatic rings. The first-order valence-corrected chi connectivity index (χ1v) is 9.94. The fraction of sp³-hybridized carbons (Fsp3) is 0.174. The molecule has 31 heavy (non-hydrogen) atoms. The summed E-state index contributed by atoms with van der Waals surface area (Å²) in [5.41, 5.74) is 1.76. The number of amides is 1. The zero-order valence-electron chi connectivity index (χ0n) is 16.8. The summed E-state index contributed by atoms with van der Waals surface area (Å²) in [6.07, 6.45) is 3.08. The van der Waals surface area contributed by atoms with E-state index >= 15 is 0 Å². The Balaban J connectivity index is 1.30. The van der Waals surface area contributed by atoms with Crippen molar-refractivity contribution in [3.8, 4) is 11.3 Å². The van der Waals surface area contributed by atoms with Crippen LogP contribution < -0.4 is 16.4 Å². The molecule has 0 bridgehead atoms. The topological polar surface area (TPSA) is 98.9 Å². The van der Waals surface area contributed by atoms with Crippen LogP contribution in [-0.4, -0.2) is 31.6 Å². The van der Waals surface area contributed by atoms with E-state index in [9.17, 15) is 14.4 Å². The summed E-state index contributed by atoms with van der Waals surface area (Å²) < 4.78 is 2.88. The van der Waals surface area contributed by atoms with Crippen LogP contribution in [0.5, 0.6) is 0 Å². The van der Waals surface area contributed by atoms with Crippen LogP contribution in [0.4, 0.5) is 0 Å². The monoisotopic (exact) mass is 415 g/mol. The SMILES string of the molecule is O=C(CCn1cnc2ccccc2c1=O)NCCn1cnc(-c2ccccc2)cc1=O. The summed E-state index contributed by atoms with van der Waals surface area (Å²) in [5.74, 6) is -0.207. The molecule has 2 heterocycles. The number of aromatic nitrogens is 4. The number of hydrogen-bond donors (Lipinski definition) is 1. The second-order valence-corrected chi connectivity index (χ2v) is 7.03. The third-order valence-electron chi connectivity index (χ3n) is 4.94. The molecule has 2 aromatic carbocycles. The molecular formula is C23H21N5O3. The van der Waals surface area contributed by atoms with Crippen molar-refractivity contribution >= 4 is 16.8 Å². The smallest absolute Gasteiger partial charge is 0.261 e. The van der Waals surface area contributed by atoms with E-state index in [-0.39, 0.29) is 36.5 Å². The first-order valence-electron chi connectivity index (χ1n) is 9.94. The predicted molar refractivity (Wildman–Crippen MR) is 118 cm³/mol. The minimum atomic E-state index is -0.207. The molecule has 0 atom stereocenters. The Hall–Kier alpha value is -4.07. The standard InChI is InChI=1S/C23H21N5O3/c29-21(10-12-28-16-25-19-9-5-4-8-18(19)23(28)31)24-11-13-27-15-26-20(14-22(27)30)17-6-2-1-3-7-17/h1-9,14-16H,10-13H2,(H,24,29). The number of hydrogen-bond acceptors (Lipinski definition) is 5. The van der Waals surface area contributed by atoms with E-state index in [1.165, 1.54) is 27.9 Å². The van der Waals surface area contributed by atoms with Crippen LogP contribution in [-0.2, 0) is 17.9 Å². The maximum atomic E-state index is 12.5. The molecule has 8 heteroatoms. The quantitative estimate of drug-likeness (QED) is 0.497. The summed E-state index contributed by atoms with van der Waals surface area (Å²) in [4.78, 5) is 45.5. The highest BCUT2D eigenvalue weighted by Crippen LogP contribution is 2.13. The Labute approximate surface area is 177 Å². The van der Waals surface area contributed by atoms with Gasteiger partial charge in [-0.3, -0.25) is 23.5 Å². The summed E-state index contributed by atoms with van der Waals surface area (Å²) >= 11 is 0. The first kappa shape index (κ1) is 20.2. The maximum Gasteiger partial charge on any atom is 0.261 e. The Kier molecular flexibility index (Phi) is 5.98. The van der Waals surface area contributed by atoms with E-state index < -0.39 is 0 Å². The molecule has 0 saturated heterocycles. The maximum absolute atomic E-state index is 12.5. The molecule has 0 fully saturated rings. The fourth-order valence-electron chi connectivity index (χ4n) is 3.25. The molecule has 0 unspecified atom stereocenters. The van der Waals surface area contributed by atoms with Crippen LogP contribution >= 0.6 is 0 Å². The van der Waals surface area contributed by atoms with Gasteiger partial charge >= 0.3 is 0 Å². The zero-order valence-corrected chi connectivity index (χ0v) is 16.8. The number of benzene rings is 2. The summed E-state index contributed by atoms with van der Waals surface area (Å²) in [6.45, 7) is 0.829. The Morgan fingerprint density at radius 2 is 1.61 bits per heavy atom. The van der Waals surface area contributed by atoms with Gasteiger partial charge in [-0.05, 0) is 12.1 Å². The molecule has 1 amide bonds. The van der Waals surface area contributed by atoms with Crippen molar-refractivity contribution in [2.24, 2.45) is 0 Å². The molecule has 1 N–H and O–H groups in total. The number of nitrogens with zero attached hydrogens (tertiary/aromatic N) is 4. The second-order valence-electron chi connectivity index (χ2n) is 7.03. The minimum absolute atomic E-state index is 0.139. The van der Waals surface area contributed by atoms with Gasteiger partial charge in [0.05, 0.1) is 29.3 Å². The molecular weight excluding hydrogens is 394 g/mol. The lowest BCUT2D eigenvalue weighted by Gasteiger charge is -2.09. The lowest BCUT2D eigenvalue weighted by molar-refractivity contribution is -0.121. The van der Waals surface area contributed by atoms with Crippen LogP contribution in [0.1, 0.15) is 6.42 Å². The molecule has 0 radical (unpaired) electrons. The van der Waals surface area contributed by atoms with Gasteiger partial charge in [-0.2, -0.15) is 0 Å². The van der Waals surface area contributed by atoms with Gasteiger partial charge in [0.15, 0.2) is 0 Å². The van der Waals surface area contributed by atoms with Crippen LogP contribution in [0.15, 0.2) is 82.9 Å². The van der Waals surface area contributed by atoms with Gasteiger partial charge in [-0.25, -0.2) is 9.97 Å². The first-order chi connectivity index (χ1) is 15.1. The molecule has 0 spiro atoms. The van der Waals surface area contributed by atoms with Gasteiger partial charge in [0.1, 0.15) is 0 Å². The van der Waals surface area contributed by atoms with E-state index in [1.54, 1.807) is 18.2 Å². The second kappa shape index (κ2) is 9.17. The minimum Gasteiger partial charge on any atom is -0.354 e. The van der Waals surface area contributed by atoms with Crippen LogP contribution in [0.2, 0.25) is 0 Å². The number of rotatable bonds is 7. The van der Waals surface area contributed by atoms with Crippen molar-refractivity contribution < 1.29 is 4.79 Å². The van der Waals surface area contributed by atoms with Gasteiger partial charge in [0.25, 0.3) is 11.1 Å². The van der Waals surface area contributed by atoms with Crippen LogP contribution in [0.3, 0.4) is 0 Å². The third-order valence-corrected chi connectivity index (χ3v) is 4.94. The largest absolute Gasteiger partial charge is 0.354 e. The number of aryl methyl sites for hydroxylation is 1. The van der Waals surface area contributed by atoms with Crippen molar-refractivity contribution in [2.75, 3.05) is 6.54 Å². The average molecular weight is 415 g/mol. The van der Waals surface area contributed by atoms with Gasteiger partial charge in [0.2, 0.25) is 5.91 Å². The zero-order chi connectivity index (χ0) is 21.6. The molecule has 8 nitrogen and oxygen atoms in total. The molecule has 4 rings (SSSR count). The van der Waals surface area contributed by atoms with E-state index in [2.05, 4.69) is 15.3 Å². The Bertz CT molecular complexity index is 1330. The van der Waals surface area contributed by atoms with Gasteiger partial charge in [-0.1, -0.05) is 42.5 Å². The Morgan fingerprint density at radius 3 is 2.42 bits per heavy atom. The highest BCUT2D eigenvalue weighted by Gasteiger charge is 2.07. The van der Waals surface area contributed by atoms with Crippen molar-refractivity contribution in [1.29, 1.82) is 0 Å².